The molecule has 0 aromatic rings. The first-order chi connectivity index (χ1) is 12.8. The average Bonchev–Trinajstić information content (AvgIpc) is 2.58. The van der Waals surface area contributed by atoms with Crippen molar-refractivity contribution in [2.45, 2.75) is 78.5 Å². The molecule has 0 amide bonds. The van der Waals surface area contributed by atoms with E-state index in [1.165, 1.54) is 34.8 Å². The Hall–Kier alpha value is -2.20. The van der Waals surface area contributed by atoms with Crippen LogP contribution in [-0.2, 0) is 47.6 Å². The van der Waals surface area contributed by atoms with Gasteiger partial charge in [0.2, 0.25) is 6.79 Å². The summed E-state index contributed by atoms with van der Waals surface area (Å²) in [5.74, 6) is -3.30. The first kappa shape index (κ1) is 25.8. The summed E-state index contributed by atoms with van der Waals surface area (Å²) in [6, 6.07) is 0. The van der Waals surface area contributed by atoms with E-state index < -0.39 is 60.7 Å². The minimum absolute atomic E-state index is 0.558. The number of carbonyl (C=O) groups is 4. The Morgan fingerprint density at radius 1 is 0.679 bits per heavy atom. The largest absolute Gasteiger partial charge is 0.449 e. The van der Waals surface area contributed by atoms with E-state index >= 15 is 0 Å². The highest BCUT2D eigenvalue weighted by atomic mass is 16.7. The SMILES string of the molecule is COC(C)C(=O)OC(C)C(=O)OCOC(=O)C(C)OC(=O)C(C)OC(C)(C)C. The van der Waals surface area contributed by atoms with Gasteiger partial charge < -0.3 is 28.4 Å². The second-order valence-electron chi connectivity index (χ2n) is 6.95. The molecule has 0 saturated heterocycles. The maximum atomic E-state index is 11.9. The summed E-state index contributed by atoms with van der Waals surface area (Å²) in [4.78, 5) is 46.9. The summed E-state index contributed by atoms with van der Waals surface area (Å²) < 4.78 is 29.4. The fourth-order valence-corrected chi connectivity index (χ4v) is 1.69. The maximum Gasteiger partial charge on any atom is 0.350 e. The molecule has 0 bridgehead atoms. The van der Waals surface area contributed by atoms with Crippen LogP contribution >= 0.6 is 0 Å². The molecule has 162 valence electrons. The van der Waals surface area contributed by atoms with Gasteiger partial charge >= 0.3 is 23.9 Å². The quantitative estimate of drug-likeness (QED) is 0.296. The molecule has 10 nitrogen and oxygen atoms in total. The fourth-order valence-electron chi connectivity index (χ4n) is 1.69. The Morgan fingerprint density at radius 3 is 1.43 bits per heavy atom. The molecule has 0 fully saturated rings. The number of hydrogen-bond acceptors (Lipinski definition) is 10. The molecule has 0 spiro atoms. The van der Waals surface area contributed by atoms with Crippen LogP contribution in [0.15, 0.2) is 0 Å². The van der Waals surface area contributed by atoms with Crippen molar-refractivity contribution in [2.24, 2.45) is 0 Å². The van der Waals surface area contributed by atoms with Crippen molar-refractivity contribution >= 4 is 23.9 Å². The minimum atomic E-state index is -1.23. The van der Waals surface area contributed by atoms with E-state index in [-0.39, 0.29) is 0 Å². The lowest BCUT2D eigenvalue weighted by atomic mass is 10.2. The van der Waals surface area contributed by atoms with Gasteiger partial charge in [-0.1, -0.05) is 0 Å². The van der Waals surface area contributed by atoms with Gasteiger partial charge in [0.15, 0.2) is 24.4 Å². The van der Waals surface area contributed by atoms with Crippen LogP contribution in [-0.4, -0.2) is 67.8 Å². The topological polar surface area (TPSA) is 124 Å². The molecule has 4 unspecified atom stereocenters. The highest BCUT2D eigenvalue weighted by Crippen LogP contribution is 2.12. The van der Waals surface area contributed by atoms with Crippen molar-refractivity contribution in [3.05, 3.63) is 0 Å². The van der Waals surface area contributed by atoms with Crippen LogP contribution in [0.2, 0.25) is 0 Å². The zero-order valence-corrected chi connectivity index (χ0v) is 17.6. The van der Waals surface area contributed by atoms with E-state index in [0.29, 0.717) is 0 Å². The van der Waals surface area contributed by atoms with Crippen LogP contribution in [0.3, 0.4) is 0 Å². The molecule has 0 N–H and O–H groups in total. The zero-order chi connectivity index (χ0) is 22.1. The molecular weight excluding hydrogens is 376 g/mol. The highest BCUT2D eigenvalue weighted by Gasteiger charge is 2.27. The molecule has 0 aliphatic heterocycles. The van der Waals surface area contributed by atoms with Gasteiger partial charge in [-0.05, 0) is 48.5 Å². The lowest BCUT2D eigenvalue weighted by molar-refractivity contribution is -0.189. The first-order valence-corrected chi connectivity index (χ1v) is 8.73. The average molecular weight is 406 g/mol. The summed E-state index contributed by atoms with van der Waals surface area (Å²) in [6.07, 6.45) is -4.16. The van der Waals surface area contributed by atoms with Gasteiger partial charge in [0, 0.05) is 7.11 Å². The highest BCUT2D eigenvalue weighted by molar-refractivity contribution is 5.82. The third-order valence-corrected chi connectivity index (χ3v) is 3.20. The summed E-state index contributed by atoms with van der Waals surface area (Å²) in [7, 11) is 1.32. The van der Waals surface area contributed by atoms with Crippen molar-refractivity contribution in [2.75, 3.05) is 13.9 Å². The third kappa shape index (κ3) is 10.2. The fraction of sp³-hybridized carbons (Fsp3) is 0.778. The molecule has 0 aromatic heterocycles. The third-order valence-electron chi connectivity index (χ3n) is 3.20. The molecule has 0 aliphatic rings. The molecule has 0 saturated carbocycles. The molecule has 4 atom stereocenters. The van der Waals surface area contributed by atoms with Gasteiger partial charge in [0.1, 0.15) is 0 Å². The van der Waals surface area contributed by atoms with Crippen LogP contribution in [0.25, 0.3) is 0 Å². The van der Waals surface area contributed by atoms with E-state index in [2.05, 4.69) is 0 Å². The van der Waals surface area contributed by atoms with Crippen molar-refractivity contribution in [1.29, 1.82) is 0 Å². The summed E-state index contributed by atoms with van der Waals surface area (Å²) in [6.45, 7) is 10.2. The molecule has 10 heteroatoms. The molecule has 0 aliphatic carbocycles. The Bertz CT molecular complexity index is 551. The van der Waals surface area contributed by atoms with Gasteiger partial charge in [-0.25, -0.2) is 19.2 Å². The summed E-state index contributed by atoms with van der Waals surface area (Å²) in [5.41, 5.74) is -0.558. The van der Waals surface area contributed by atoms with Crippen molar-refractivity contribution in [1.82, 2.24) is 0 Å². The Balaban J connectivity index is 4.30. The first-order valence-electron chi connectivity index (χ1n) is 8.73. The van der Waals surface area contributed by atoms with Gasteiger partial charge in [-0.2, -0.15) is 0 Å². The molecule has 28 heavy (non-hydrogen) atoms. The molecule has 0 aromatic carbocycles. The van der Waals surface area contributed by atoms with Crippen LogP contribution in [0.4, 0.5) is 0 Å². The standard InChI is InChI=1S/C18H30O10/c1-10(23-8)16(21)26-11(2)14(19)24-9-25-15(20)12(3)27-17(22)13(4)28-18(5,6)7/h10-13H,9H2,1-8H3. The summed E-state index contributed by atoms with van der Waals surface area (Å²) >= 11 is 0. The second-order valence-corrected chi connectivity index (χ2v) is 6.95. The van der Waals surface area contributed by atoms with Crippen LogP contribution in [0.1, 0.15) is 48.5 Å². The van der Waals surface area contributed by atoms with Gasteiger partial charge in [0.25, 0.3) is 0 Å². The van der Waals surface area contributed by atoms with Gasteiger partial charge in [-0.3, -0.25) is 0 Å². The predicted octanol–water partition coefficient (Wildman–Crippen LogP) is 1.13. The number of methoxy groups -OCH3 is 1. The van der Waals surface area contributed by atoms with Crippen molar-refractivity contribution in [3.63, 3.8) is 0 Å². The van der Waals surface area contributed by atoms with Crippen LogP contribution < -0.4 is 0 Å². The van der Waals surface area contributed by atoms with Crippen molar-refractivity contribution in [3.8, 4) is 0 Å². The van der Waals surface area contributed by atoms with E-state index in [1.807, 2.05) is 0 Å². The van der Waals surface area contributed by atoms with Gasteiger partial charge in [0.05, 0.1) is 5.60 Å². The van der Waals surface area contributed by atoms with Crippen LogP contribution in [0, 0.1) is 0 Å². The summed E-state index contributed by atoms with van der Waals surface area (Å²) in [5, 5.41) is 0. The molecule has 0 rings (SSSR count). The second kappa shape index (κ2) is 11.6. The number of carbonyl (C=O) groups excluding carboxylic acids is 4. The van der Waals surface area contributed by atoms with Gasteiger partial charge in [-0.15, -0.1) is 0 Å². The van der Waals surface area contributed by atoms with Crippen molar-refractivity contribution < 1.29 is 47.6 Å². The zero-order valence-electron chi connectivity index (χ0n) is 17.6. The smallest absolute Gasteiger partial charge is 0.350 e. The molecular formula is C18H30O10. The number of ether oxygens (including phenoxy) is 6. The van der Waals surface area contributed by atoms with E-state index in [0.717, 1.165) is 0 Å². The Labute approximate surface area is 164 Å². The lowest BCUT2D eigenvalue weighted by Crippen LogP contribution is -2.36. The minimum Gasteiger partial charge on any atom is -0.449 e. The lowest BCUT2D eigenvalue weighted by Gasteiger charge is -2.24. The molecule has 0 radical (unpaired) electrons. The van der Waals surface area contributed by atoms with E-state index in [4.69, 9.17) is 28.4 Å². The molecule has 0 heterocycles. The van der Waals surface area contributed by atoms with E-state index in [9.17, 15) is 19.2 Å². The number of rotatable bonds is 10. The Kier molecular flexibility index (Phi) is 10.7. The van der Waals surface area contributed by atoms with E-state index in [1.54, 1.807) is 20.8 Å². The maximum absolute atomic E-state index is 11.9. The monoisotopic (exact) mass is 406 g/mol. The van der Waals surface area contributed by atoms with Crippen LogP contribution in [0.5, 0.6) is 0 Å². The Morgan fingerprint density at radius 2 is 1.07 bits per heavy atom. The normalized spacial score (nSPS) is 15.6. The number of esters is 4. The number of hydrogen-bond donors (Lipinski definition) is 0. The predicted molar refractivity (Wildman–Crippen MR) is 94.9 cm³/mol.